The highest BCUT2D eigenvalue weighted by molar-refractivity contribution is 5.87. The van der Waals surface area contributed by atoms with E-state index in [1.807, 2.05) is 0 Å². The Morgan fingerprint density at radius 3 is 1.59 bits per heavy atom. The molecule has 0 heterocycles. The van der Waals surface area contributed by atoms with E-state index in [9.17, 15) is 0 Å². The van der Waals surface area contributed by atoms with Gasteiger partial charge < -0.3 is 4.90 Å². The van der Waals surface area contributed by atoms with E-state index in [-0.39, 0.29) is 16.2 Å². The molecule has 7 aromatic rings. The summed E-state index contributed by atoms with van der Waals surface area (Å²) in [6.07, 6.45) is 11.3. The molecule has 326 valence electrons. The second-order valence-corrected chi connectivity index (χ2v) is 21.1. The van der Waals surface area contributed by atoms with Crippen molar-refractivity contribution in [1.29, 1.82) is 0 Å². The Morgan fingerprint density at radius 1 is 0.438 bits per heavy atom. The molecule has 0 radical (unpaired) electrons. The predicted octanol–water partition coefficient (Wildman–Crippen LogP) is 18.7. The van der Waals surface area contributed by atoms with Crippen LogP contribution in [0.3, 0.4) is 0 Å². The van der Waals surface area contributed by atoms with Crippen LogP contribution in [0.1, 0.15) is 147 Å². The summed E-state index contributed by atoms with van der Waals surface area (Å²) in [5.74, 6) is 0.714. The third kappa shape index (κ3) is 8.52. The maximum absolute atomic E-state index is 2.54. The molecule has 0 aliphatic heterocycles. The lowest BCUT2D eigenvalue weighted by molar-refractivity contribution is 0.436. The minimum atomic E-state index is 0.00415. The summed E-state index contributed by atoms with van der Waals surface area (Å²) in [6.45, 7) is 18.6. The van der Waals surface area contributed by atoms with Crippen LogP contribution >= 0.6 is 0 Å². The fourth-order valence-corrected chi connectivity index (χ4v) is 11.1. The lowest BCUT2D eigenvalue weighted by atomic mass is 9.71. The first-order chi connectivity index (χ1) is 30.9. The molecule has 0 amide bonds. The van der Waals surface area contributed by atoms with Crippen LogP contribution in [0.25, 0.3) is 44.5 Å². The highest BCUT2D eigenvalue weighted by Crippen LogP contribution is 2.55. The van der Waals surface area contributed by atoms with E-state index in [4.69, 9.17) is 0 Å². The average Bonchev–Trinajstić information content (AvgIpc) is 3.57. The molecule has 2 aliphatic rings. The van der Waals surface area contributed by atoms with Gasteiger partial charge in [0.15, 0.2) is 0 Å². The van der Waals surface area contributed by atoms with E-state index >= 15 is 0 Å². The molecule has 1 fully saturated rings. The molecule has 0 bridgehead atoms. The van der Waals surface area contributed by atoms with E-state index in [2.05, 4.69) is 218 Å². The largest absolute Gasteiger partial charge is 0.310 e. The summed E-state index contributed by atoms with van der Waals surface area (Å²) in [7, 11) is 0. The Labute approximate surface area is 385 Å². The van der Waals surface area contributed by atoms with Crippen LogP contribution in [0.4, 0.5) is 17.1 Å². The maximum atomic E-state index is 2.54. The highest BCUT2D eigenvalue weighted by Gasteiger charge is 2.42. The van der Waals surface area contributed by atoms with Crippen molar-refractivity contribution in [2.75, 3.05) is 4.90 Å². The Kier molecular flexibility index (Phi) is 12.1. The van der Waals surface area contributed by atoms with Gasteiger partial charge in [-0.15, -0.1) is 0 Å². The van der Waals surface area contributed by atoms with Gasteiger partial charge in [0, 0.05) is 22.5 Å². The molecule has 7 aromatic carbocycles. The van der Waals surface area contributed by atoms with Crippen molar-refractivity contribution in [2.24, 2.45) is 0 Å². The van der Waals surface area contributed by atoms with Gasteiger partial charge in [-0.25, -0.2) is 0 Å². The van der Waals surface area contributed by atoms with Crippen molar-refractivity contribution < 1.29 is 0 Å². The Morgan fingerprint density at radius 2 is 0.969 bits per heavy atom. The van der Waals surface area contributed by atoms with Crippen molar-refractivity contribution in [3.63, 3.8) is 0 Å². The van der Waals surface area contributed by atoms with Gasteiger partial charge >= 0.3 is 0 Å². The molecule has 2 aliphatic carbocycles. The molecule has 1 nitrogen and oxygen atoms in total. The van der Waals surface area contributed by atoms with Gasteiger partial charge in [-0.1, -0.05) is 203 Å². The monoisotopic (exact) mass is 840 g/mol. The molecule has 0 aromatic heterocycles. The molecule has 0 spiro atoms. The van der Waals surface area contributed by atoms with Crippen LogP contribution in [0.2, 0.25) is 0 Å². The average molecular weight is 840 g/mol. The number of hydrogen-bond donors (Lipinski definition) is 0. The number of anilines is 3. The molecule has 1 heteroatoms. The first-order valence-corrected chi connectivity index (χ1v) is 24.5. The van der Waals surface area contributed by atoms with Crippen molar-refractivity contribution >= 4 is 17.1 Å². The smallest absolute Gasteiger partial charge is 0.0467 e. The zero-order valence-electron chi connectivity index (χ0n) is 39.9. The highest BCUT2D eigenvalue weighted by atomic mass is 15.1. The van der Waals surface area contributed by atoms with E-state index in [1.165, 1.54) is 110 Å². The van der Waals surface area contributed by atoms with Crippen LogP contribution in [-0.4, -0.2) is 0 Å². The SMILES string of the molecule is CCCC1(CCC)c2ccccc2-c2ccc(N(c3ccc(-c4ccc(C5CCCCC5)cc4)cc3)c3cccc(-c4cccc(-c5cc(C(C)(C)C)cc(C(C)(C)C)c5)c4)c3)cc21. The van der Waals surface area contributed by atoms with Crippen LogP contribution in [0.15, 0.2) is 158 Å². The Balaban J connectivity index is 1.14. The van der Waals surface area contributed by atoms with Gasteiger partial charge in [0.1, 0.15) is 0 Å². The van der Waals surface area contributed by atoms with E-state index < -0.39 is 0 Å². The normalized spacial score (nSPS) is 14.9. The predicted molar refractivity (Wildman–Crippen MR) is 277 cm³/mol. The fraction of sp³-hybridized carbons (Fsp3) is 0.333. The molecule has 0 unspecified atom stereocenters. The molecule has 1 saturated carbocycles. The standard InChI is InChI=1S/C63H69N/c1-9-36-63(37-10-2)59-25-15-14-24-57(59)58-35-34-56(43-60(58)63)64(54-32-30-47(31-33-54)46-28-26-45(27-29-46)44-18-12-11-13-19-44)55-23-17-22-50(41-55)48-20-16-21-49(38-48)51-39-52(61(3,4)5)42-53(40-51)62(6,7)8/h14-17,20-35,38-44H,9-13,18-19,36-37H2,1-8H3. The molecule has 9 rings (SSSR count). The third-order valence-corrected chi connectivity index (χ3v) is 14.6. The van der Waals surface area contributed by atoms with Crippen LogP contribution in [-0.2, 0) is 16.2 Å². The molecule has 0 saturated heterocycles. The fourth-order valence-electron chi connectivity index (χ4n) is 11.1. The number of benzene rings is 7. The summed E-state index contributed by atoms with van der Waals surface area (Å²) >= 11 is 0. The van der Waals surface area contributed by atoms with Crippen molar-refractivity contribution in [3.8, 4) is 44.5 Å². The summed E-state index contributed by atoms with van der Waals surface area (Å²) in [4.78, 5) is 2.50. The molecular formula is C63H69N. The van der Waals surface area contributed by atoms with Gasteiger partial charge in [-0.05, 0) is 157 Å². The van der Waals surface area contributed by atoms with Crippen LogP contribution in [0.5, 0.6) is 0 Å². The molecular weight excluding hydrogens is 771 g/mol. The van der Waals surface area contributed by atoms with Crippen molar-refractivity contribution in [2.45, 2.75) is 135 Å². The van der Waals surface area contributed by atoms with Crippen molar-refractivity contribution in [3.05, 3.63) is 186 Å². The second-order valence-electron chi connectivity index (χ2n) is 21.1. The lowest BCUT2D eigenvalue weighted by Gasteiger charge is -2.33. The zero-order valence-corrected chi connectivity index (χ0v) is 39.9. The first kappa shape index (κ1) is 43.6. The molecule has 64 heavy (non-hydrogen) atoms. The molecule has 0 atom stereocenters. The van der Waals surface area contributed by atoms with Gasteiger partial charge in [0.25, 0.3) is 0 Å². The van der Waals surface area contributed by atoms with Gasteiger partial charge in [0.2, 0.25) is 0 Å². The summed E-state index contributed by atoms with van der Waals surface area (Å²) in [5, 5.41) is 0. The quantitative estimate of drug-likeness (QED) is 0.125. The minimum absolute atomic E-state index is 0.00415. The summed E-state index contributed by atoms with van der Waals surface area (Å²) < 4.78 is 0. The minimum Gasteiger partial charge on any atom is -0.310 e. The number of rotatable bonds is 11. The second kappa shape index (κ2) is 17.7. The van der Waals surface area contributed by atoms with Crippen LogP contribution in [0, 0.1) is 0 Å². The van der Waals surface area contributed by atoms with E-state index in [0.717, 1.165) is 37.1 Å². The van der Waals surface area contributed by atoms with Gasteiger partial charge in [0.05, 0.1) is 0 Å². The van der Waals surface area contributed by atoms with Gasteiger partial charge in [-0.2, -0.15) is 0 Å². The van der Waals surface area contributed by atoms with E-state index in [1.54, 1.807) is 0 Å². The van der Waals surface area contributed by atoms with E-state index in [0.29, 0.717) is 5.92 Å². The number of fused-ring (bicyclic) bond motifs is 3. The maximum Gasteiger partial charge on any atom is 0.0467 e. The Hall–Kier alpha value is -5.66. The topological polar surface area (TPSA) is 3.24 Å². The van der Waals surface area contributed by atoms with Crippen molar-refractivity contribution in [1.82, 2.24) is 0 Å². The lowest BCUT2D eigenvalue weighted by Crippen LogP contribution is -2.25. The van der Waals surface area contributed by atoms with Crippen LogP contribution < -0.4 is 4.90 Å². The zero-order chi connectivity index (χ0) is 44.6. The number of nitrogens with zero attached hydrogens (tertiary/aromatic N) is 1. The summed E-state index contributed by atoms with van der Waals surface area (Å²) in [5.41, 5.74) is 21.1. The Bertz CT molecular complexity index is 2690. The molecule has 0 N–H and O–H groups in total. The number of hydrogen-bond acceptors (Lipinski definition) is 1. The van der Waals surface area contributed by atoms with Gasteiger partial charge in [-0.3, -0.25) is 0 Å². The summed E-state index contributed by atoms with van der Waals surface area (Å²) in [6, 6.07) is 60.9. The first-order valence-electron chi connectivity index (χ1n) is 24.5. The third-order valence-electron chi connectivity index (χ3n) is 14.6.